The fourth-order valence-electron chi connectivity index (χ4n) is 2.35. The molecule has 0 bridgehead atoms. The largest absolute Gasteiger partial charge is 0.493 e. The van der Waals surface area contributed by atoms with Crippen LogP contribution in [0.3, 0.4) is 0 Å². The van der Waals surface area contributed by atoms with E-state index in [1.807, 2.05) is 39.0 Å². The number of rotatable bonds is 6. The van der Waals surface area contributed by atoms with Gasteiger partial charge < -0.3 is 20.5 Å². The quantitative estimate of drug-likeness (QED) is 0.795. The summed E-state index contributed by atoms with van der Waals surface area (Å²) in [5, 5.41) is 2.96. The minimum absolute atomic E-state index is 0.0606. The number of methoxy groups -OCH3 is 1. The Hall–Kier alpha value is -2.69. The molecule has 2 aromatic rings. The summed E-state index contributed by atoms with van der Waals surface area (Å²) in [6.07, 6.45) is 0.0606. The number of carbonyl (C=O) groups excluding carboxylic acids is 1. The fourth-order valence-corrected chi connectivity index (χ4v) is 2.35. The van der Waals surface area contributed by atoms with E-state index in [-0.39, 0.29) is 18.1 Å². The average Bonchev–Trinajstić information content (AvgIpc) is 2.54. The van der Waals surface area contributed by atoms with Gasteiger partial charge in [0.2, 0.25) is 0 Å². The first-order valence-corrected chi connectivity index (χ1v) is 7.91. The van der Waals surface area contributed by atoms with Crippen LogP contribution in [-0.2, 0) is 0 Å². The van der Waals surface area contributed by atoms with Crippen LogP contribution in [0.5, 0.6) is 11.5 Å². The van der Waals surface area contributed by atoms with Gasteiger partial charge in [0.15, 0.2) is 11.5 Å². The molecule has 0 saturated heterocycles. The van der Waals surface area contributed by atoms with E-state index in [0.717, 1.165) is 5.56 Å². The number of nitrogen functional groups attached to an aromatic ring is 1. The number of amides is 1. The minimum Gasteiger partial charge on any atom is -0.493 e. The number of benzene rings is 2. The third-order valence-electron chi connectivity index (χ3n) is 3.55. The molecule has 3 N–H and O–H groups in total. The van der Waals surface area contributed by atoms with Crippen LogP contribution in [-0.4, -0.2) is 19.1 Å². The summed E-state index contributed by atoms with van der Waals surface area (Å²) in [7, 11) is 1.60. The topological polar surface area (TPSA) is 73.6 Å². The van der Waals surface area contributed by atoms with Gasteiger partial charge in [-0.3, -0.25) is 4.79 Å². The lowest BCUT2D eigenvalue weighted by atomic mass is 10.1. The Morgan fingerprint density at radius 3 is 2.46 bits per heavy atom. The highest BCUT2D eigenvalue weighted by molar-refractivity contribution is 5.95. The number of hydrogen-bond donors (Lipinski definition) is 2. The maximum Gasteiger partial charge on any atom is 0.251 e. The van der Waals surface area contributed by atoms with Crippen LogP contribution in [0.1, 0.15) is 42.7 Å². The summed E-state index contributed by atoms with van der Waals surface area (Å²) in [5.74, 6) is 1.16. The Balaban J connectivity index is 2.14. The summed E-state index contributed by atoms with van der Waals surface area (Å²) in [6.45, 7) is 5.84. The van der Waals surface area contributed by atoms with Gasteiger partial charge in [0.05, 0.1) is 19.3 Å². The van der Waals surface area contributed by atoms with Gasteiger partial charge in [-0.25, -0.2) is 0 Å². The molecule has 128 valence electrons. The zero-order chi connectivity index (χ0) is 17.7. The Bertz CT molecular complexity index is 714. The standard InChI is InChI=1S/C19H24N2O3/c1-12(2)24-17-9-8-14(11-18(17)23-4)13(3)21-19(22)15-6-5-7-16(20)10-15/h5-13H,20H2,1-4H3,(H,21,22). The SMILES string of the molecule is COc1cc(C(C)NC(=O)c2cccc(N)c2)ccc1OC(C)C. The molecule has 0 aromatic heterocycles. The molecule has 24 heavy (non-hydrogen) atoms. The van der Waals surface area contributed by atoms with Gasteiger partial charge in [0.1, 0.15) is 0 Å². The van der Waals surface area contributed by atoms with E-state index < -0.39 is 0 Å². The van der Waals surface area contributed by atoms with Crippen molar-refractivity contribution in [1.82, 2.24) is 5.32 Å². The van der Waals surface area contributed by atoms with E-state index in [9.17, 15) is 4.79 Å². The van der Waals surface area contributed by atoms with Crippen molar-refractivity contribution < 1.29 is 14.3 Å². The van der Waals surface area contributed by atoms with Crippen LogP contribution in [0.4, 0.5) is 5.69 Å². The number of hydrogen-bond acceptors (Lipinski definition) is 4. The molecule has 5 nitrogen and oxygen atoms in total. The first-order chi connectivity index (χ1) is 11.4. The number of anilines is 1. The normalized spacial score (nSPS) is 11.9. The third-order valence-corrected chi connectivity index (χ3v) is 3.55. The lowest BCUT2D eigenvalue weighted by molar-refractivity contribution is 0.0940. The first kappa shape index (κ1) is 17.7. The van der Waals surface area contributed by atoms with Gasteiger partial charge >= 0.3 is 0 Å². The van der Waals surface area contributed by atoms with Gasteiger partial charge in [-0.05, 0) is 56.7 Å². The zero-order valence-electron chi connectivity index (χ0n) is 14.5. The Labute approximate surface area is 142 Å². The van der Waals surface area contributed by atoms with Crippen LogP contribution >= 0.6 is 0 Å². The number of nitrogens with one attached hydrogen (secondary N) is 1. The minimum atomic E-state index is -0.180. The van der Waals surface area contributed by atoms with E-state index in [0.29, 0.717) is 22.7 Å². The van der Waals surface area contributed by atoms with Crippen molar-refractivity contribution in [3.8, 4) is 11.5 Å². The summed E-state index contributed by atoms with van der Waals surface area (Å²) < 4.78 is 11.1. The van der Waals surface area contributed by atoms with Crippen molar-refractivity contribution in [2.75, 3.05) is 12.8 Å². The molecule has 2 aromatic carbocycles. The van der Waals surface area contributed by atoms with Crippen LogP contribution in [0.2, 0.25) is 0 Å². The molecule has 2 rings (SSSR count). The van der Waals surface area contributed by atoms with Crippen molar-refractivity contribution in [2.45, 2.75) is 32.9 Å². The molecule has 0 fully saturated rings. The highest BCUT2D eigenvalue weighted by Crippen LogP contribution is 2.31. The second-order valence-corrected chi connectivity index (χ2v) is 5.90. The summed E-state index contributed by atoms with van der Waals surface area (Å²) in [5.41, 5.74) is 7.75. The average molecular weight is 328 g/mol. The molecule has 1 unspecified atom stereocenters. The molecule has 0 saturated carbocycles. The van der Waals surface area contributed by atoms with Gasteiger partial charge in [-0.15, -0.1) is 0 Å². The zero-order valence-corrected chi connectivity index (χ0v) is 14.5. The summed E-state index contributed by atoms with van der Waals surface area (Å²) >= 11 is 0. The van der Waals surface area contributed by atoms with Crippen LogP contribution < -0.4 is 20.5 Å². The predicted octanol–water partition coefficient (Wildman–Crippen LogP) is 3.56. The van der Waals surface area contributed by atoms with E-state index in [4.69, 9.17) is 15.2 Å². The van der Waals surface area contributed by atoms with Crippen LogP contribution in [0.25, 0.3) is 0 Å². The Morgan fingerprint density at radius 2 is 1.83 bits per heavy atom. The molecule has 0 aliphatic heterocycles. The highest BCUT2D eigenvalue weighted by Gasteiger charge is 2.14. The van der Waals surface area contributed by atoms with E-state index in [1.54, 1.807) is 31.4 Å². The van der Waals surface area contributed by atoms with Gasteiger partial charge in [-0.2, -0.15) is 0 Å². The number of nitrogens with two attached hydrogens (primary N) is 1. The molecule has 1 amide bonds. The molecule has 0 aliphatic rings. The lowest BCUT2D eigenvalue weighted by Gasteiger charge is -2.18. The third kappa shape index (κ3) is 4.41. The van der Waals surface area contributed by atoms with E-state index in [1.165, 1.54) is 0 Å². The molecule has 1 atom stereocenters. The second kappa shape index (κ2) is 7.73. The fraction of sp³-hybridized carbons (Fsp3) is 0.316. The molecule has 0 heterocycles. The molecular weight excluding hydrogens is 304 g/mol. The van der Waals surface area contributed by atoms with Crippen molar-refractivity contribution >= 4 is 11.6 Å². The lowest BCUT2D eigenvalue weighted by Crippen LogP contribution is -2.26. The molecule has 5 heteroatoms. The smallest absolute Gasteiger partial charge is 0.251 e. The molecular formula is C19H24N2O3. The summed E-state index contributed by atoms with van der Waals surface area (Å²) in [6, 6.07) is 12.4. The van der Waals surface area contributed by atoms with Gasteiger partial charge in [0, 0.05) is 11.3 Å². The van der Waals surface area contributed by atoms with E-state index in [2.05, 4.69) is 5.32 Å². The summed E-state index contributed by atoms with van der Waals surface area (Å²) in [4.78, 5) is 12.3. The van der Waals surface area contributed by atoms with Crippen molar-refractivity contribution in [1.29, 1.82) is 0 Å². The Kier molecular flexibility index (Phi) is 5.68. The van der Waals surface area contributed by atoms with Crippen molar-refractivity contribution in [3.05, 3.63) is 53.6 Å². The molecule has 0 aliphatic carbocycles. The molecule has 0 radical (unpaired) electrons. The van der Waals surface area contributed by atoms with Crippen molar-refractivity contribution in [2.24, 2.45) is 0 Å². The second-order valence-electron chi connectivity index (χ2n) is 5.90. The highest BCUT2D eigenvalue weighted by atomic mass is 16.5. The van der Waals surface area contributed by atoms with E-state index >= 15 is 0 Å². The molecule has 0 spiro atoms. The van der Waals surface area contributed by atoms with Crippen LogP contribution in [0, 0.1) is 0 Å². The van der Waals surface area contributed by atoms with Gasteiger partial charge in [0.25, 0.3) is 5.91 Å². The predicted molar refractivity (Wildman–Crippen MR) is 95.5 cm³/mol. The number of carbonyl (C=O) groups is 1. The maximum absolute atomic E-state index is 12.3. The van der Waals surface area contributed by atoms with Crippen LogP contribution in [0.15, 0.2) is 42.5 Å². The van der Waals surface area contributed by atoms with Gasteiger partial charge in [-0.1, -0.05) is 12.1 Å². The Morgan fingerprint density at radius 1 is 1.08 bits per heavy atom. The monoisotopic (exact) mass is 328 g/mol. The number of ether oxygens (including phenoxy) is 2. The van der Waals surface area contributed by atoms with Crippen molar-refractivity contribution in [3.63, 3.8) is 0 Å². The first-order valence-electron chi connectivity index (χ1n) is 7.91. The maximum atomic E-state index is 12.3.